The first-order chi connectivity index (χ1) is 23.2. The van der Waals surface area contributed by atoms with Crippen LogP contribution in [0.25, 0.3) is 22.5 Å². The highest BCUT2D eigenvalue weighted by Gasteiger charge is 2.29. The number of rotatable bonds is 12. The molecule has 2 fully saturated rings. The fourth-order valence-electron chi connectivity index (χ4n) is 6.02. The maximum absolute atomic E-state index is 15.6. The zero-order valence-corrected chi connectivity index (χ0v) is 27.6. The van der Waals surface area contributed by atoms with Crippen molar-refractivity contribution in [2.45, 2.75) is 38.4 Å². The van der Waals surface area contributed by atoms with Crippen molar-refractivity contribution in [1.82, 2.24) is 30.5 Å². The molecule has 3 aromatic heterocycles. The number of aromatic nitrogens is 3. The summed E-state index contributed by atoms with van der Waals surface area (Å²) >= 11 is 13.8. The minimum Gasteiger partial charge on any atom is -0.481 e. The third kappa shape index (κ3) is 7.36. The Bertz CT molecular complexity index is 1850. The molecule has 1 amide bonds. The summed E-state index contributed by atoms with van der Waals surface area (Å²) in [6.07, 6.45) is 5.01. The van der Waals surface area contributed by atoms with Gasteiger partial charge in [-0.25, -0.2) is 14.4 Å². The van der Waals surface area contributed by atoms with Gasteiger partial charge in [0.25, 0.3) is 0 Å². The summed E-state index contributed by atoms with van der Waals surface area (Å²) in [7, 11) is 1.55. The third-order valence-corrected chi connectivity index (χ3v) is 9.37. The van der Waals surface area contributed by atoms with E-state index in [1.165, 1.54) is 6.20 Å². The minimum atomic E-state index is -0.838. The number of amides is 1. The number of carboxylic acid groups (broad SMARTS) is 1. The second kappa shape index (κ2) is 14.8. The molecule has 2 atom stereocenters. The van der Waals surface area contributed by atoms with E-state index in [-0.39, 0.29) is 29.3 Å². The van der Waals surface area contributed by atoms with E-state index < -0.39 is 17.7 Å². The summed E-state index contributed by atoms with van der Waals surface area (Å²) in [6, 6.07) is 12.5. The minimum absolute atomic E-state index is 0.00722. The molecule has 2 aliphatic rings. The highest BCUT2D eigenvalue weighted by molar-refractivity contribution is 6.39. The van der Waals surface area contributed by atoms with Crippen LogP contribution in [0.4, 0.5) is 15.9 Å². The van der Waals surface area contributed by atoms with Gasteiger partial charge in [-0.3, -0.25) is 19.5 Å². The van der Waals surface area contributed by atoms with Crippen LogP contribution >= 0.6 is 23.2 Å². The maximum Gasteiger partial charge on any atom is 0.307 e. The van der Waals surface area contributed by atoms with Crippen molar-refractivity contribution in [3.8, 4) is 28.4 Å². The van der Waals surface area contributed by atoms with E-state index in [1.54, 1.807) is 43.6 Å². The Morgan fingerprint density at radius 2 is 1.92 bits per heavy atom. The molecule has 14 heteroatoms. The van der Waals surface area contributed by atoms with Crippen molar-refractivity contribution in [1.29, 1.82) is 0 Å². The van der Waals surface area contributed by atoms with E-state index >= 15 is 4.39 Å². The van der Waals surface area contributed by atoms with E-state index in [9.17, 15) is 14.7 Å². The molecule has 250 valence electrons. The average molecular weight is 695 g/mol. The number of nitrogens with zero attached hydrogens (tertiary/aromatic N) is 4. The number of nitrogens with one attached hydrogen (secondary N) is 3. The van der Waals surface area contributed by atoms with Crippen LogP contribution in [0.1, 0.15) is 30.4 Å². The number of hydrogen-bond donors (Lipinski definition) is 4. The molecule has 4 N–H and O–H groups in total. The molecule has 2 aliphatic heterocycles. The van der Waals surface area contributed by atoms with Crippen LogP contribution in [-0.2, 0) is 22.7 Å². The van der Waals surface area contributed by atoms with Gasteiger partial charge in [0.15, 0.2) is 11.6 Å². The highest BCUT2D eigenvalue weighted by atomic mass is 35.5. The molecule has 0 aliphatic carbocycles. The Hall–Kier alpha value is -4.36. The molecule has 48 heavy (non-hydrogen) atoms. The summed E-state index contributed by atoms with van der Waals surface area (Å²) in [5, 5.41) is 19.2. The van der Waals surface area contributed by atoms with Crippen molar-refractivity contribution in [2.75, 3.05) is 32.1 Å². The Kier molecular flexibility index (Phi) is 10.4. The lowest BCUT2D eigenvalue weighted by Gasteiger charge is -2.17. The molecule has 4 aromatic rings. The van der Waals surface area contributed by atoms with Gasteiger partial charge in [-0.1, -0.05) is 41.4 Å². The van der Waals surface area contributed by atoms with Gasteiger partial charge in [-0.15, -0.1) is 0 Å². The van der Waals surface area contributed by atoms with Crippen LogP contribution in [0.15, 0.2) is 54.9 Å². The molecule has 1 aromatic carbocycles. The Morgan fingerprint density at radius 3 is 2.67 bits per heavy atom. The number of pyridine rings is 3. The average Bonchev–Trinajstić information content (AvgIpc) is 3.73. The maximum atomic E-state index is 15.6. The van der Waals surface area contributed by atoms with Gasteiger partial charge >= 0.3 is 5.97 Å². The fraction of sp³-hybridized carbons (Fsp3) is 0.324. The number of methoxy groups -OCH3 is 1. The lowest BCUT2D eigenvalue weighted by atomic mass is 10.1. The van der Waals surface area contributed by atoms with Crippen LogP contribution in [0, 0.1) is 11.7 Å². The highest BCUT2D eigenvalue weighted by Crippen LogP contribution is 2.41. The number of carbonyl (C=O) groups excluding carboxylic acids is 1. The fourth-order valence-corrected chi connectivity index (χ4v) is 6.60. The lowest BCUT2D eigenvalue weighted by molar-refractivity contribution is -0.141. The predicted molar refractivity (Wildman–Crippen MR) is 181 cm³/mol. The third-order valence-electron chi connectivity index (χ3n) is 8.58. The van der Waals surface area contributed by atoms with Gasteiger partial charge in [0.1, 0.15) is 0 Å². The predicted octanol–water partition coefficient (Wildman–Crippen LogP) is 5.68. The molecule has 0 saturated carbocycles. The molecule has 2 saturated heterocycles. The molecule has 11 nitrogen and oxygen atoms in total. The van der Waals surface area contributed by atoms with Gasteiger partial charge in [-0.2, -0.15) is 0 Å². The summed E-state index contributed by atoms with van der Waals surface area (Å²) in [4.78, 5) is 38.2. The van der Waals surface area contributed by atoms with Crippen molar-refractivity contribution in [3.05, 3.63) is 81.8 Å². The van der Waals surface area contributed by atoms with Crippen molar-refractivity contribution in [2.24, 2.45) is 5.92 Å². The molecule has 0 unspecified atom stereocenters. The number of ether oxygens (including phenoxy) is 1. The molecule has 6 rings (SSSR count). The number of carboxylic acids is 1. The number of anilines is 2. The van der Waals surface area contributed by atoms with Gasteiger partial charge in [0, 0.05) is 73.3 Å². The number of carbonyl (C=O) groups is 2. The quantitative estimate of drug-likeness (QED) is 0.146. The van der Waals surface area contributed by atoms with Crippen LogP contribution < -0.4 is 20.7 Å². The lowest BCUT2D eigenvalue weighted by Crippen LogP contribution is -2.35. The molecular formula is C34H34Cl2FN7O4. The molecule has 0 spiro atoms. The van der Waals surface area contributed by atoms with Crippen LogP contribution in [0.5, 0.6) is 5.88 Å². The monoisotopic (exact) mass is 693 g/mol. The van der Waals surface area contributed by atoms with E-state index in [4.69, 9.17) is 32.9 Å². The number of likely N-dealkylation sites (tertiary alicyclic amines) is 1. The van der Waals surface area contributed by atoms with Crippen LogP contribution in [-0.4, -0.2) is 69.6 Å². The standard InChI is InChI=1S/C34H34Cl2FN7O4/c1-48-33-19(15-38-16-22-6-8-27(45)41-22)5-7-25(43-33)23-10-13-39-31(29(23)36)24-3-2-4-26(28(24)35)42-32-30(37)20(9-12-40-32)17-44-14-11-21(18-44)34(46)47/h2-5,7,9-10,12-13,21-22,38H,6,8,11,14-18H2,1H3,(H,40,42)(H,41,45)(H,46,47)/t21-,22+/m0/s1. The van der Waals surface area contributed by atoms with E-state index in [2.05, 4.69) is 25.9 Å². The summed E-state index contributed by atoms with van der Waals surface area (Å²) in [5.41, 5.74) is 3.79. The topological polar surface area (TPSA) is 142 Å². The van der Waals surface area contributed by atoms with Crippen molar-refractivity contribution in [3.63, 3.8) is 0 Å². The zero-order valence-electron chi connectivity index (χ0n) is 26.1. The molecule has 0 radical (unpaired) electrons. The first-order valence-corrected chi connectivity index (χ1v) is 16.3. The van der Waals surface area contributed by atoms with Crippen LogP contribution in [0.2, 0.25) is 10.0 Å². The summed E-state index contributed by atoms with van der Waals surface area (Å²) < 4.78 is 21.2. The largest absolute Gasteiger partial charge is 0.481 e. The number of halogens is 3. The van der Waals surface area contributed by atoms with E-state index in [0.29, 0.717) is 83.7 Å². The number of aliphatic carboxylic acids is 1. The van der Waals surface area contributed by atoms with Gasteiger partial charge in [0.05, 0.1) is 40.1 Å². The van der Waals surface area contributed by atoms with E-state index in [0.717, 1.165) is 12.0 Å². The zero-order chi connectivity index (χ0) is 33.8. The second-order valence-electron chi connectivity index (χ2n) is 11.8. The number of hydrogen-bond acceptors (Lipinski definition) is 9. The SMILES string of the molecule is COc1nc(-c2ccnc(-c3cccc(Nc4nccc(CN5CC[C@H](C(=O)O)C5)c4F)c3Cl)c2Cl)ccc1CNC[C@H]1CCC(=O)N1. The van der Waals surface area contributed by atoms with Gasteiger partial charge in [0.2, 0.25) is 11.8 Å². The normalized spacial score (nSPS) is 17.8. The van der Waals surface area contributed by atoms with Crippen molar-refractivity contribution >= 4 is 46.6 Å². The smallest absolute Gasteiger partial charge is 0.307 e. The molecule has 0 bridgehead atoms. The van der Waals surface area contributed by atoms with Gasteiger partial charge < -0.3 is 25.8 Å². The molecular weight excluding hydrogens is 660 g/mol. The number of benzene rings is 1. The first kappa shape index (κ1) is 33.5. The second-order valence-corrected chi connectivity index (χ2v) is 12.6. The Labute approximate surface area is 286 Å². The Morgan fingerprint density at radius 1 is 1.08 bits per heavy atom. The van der Waals surface area contributed by atoms with Crippen LogP contribution in [0.3, 0.4) is 0 Å². The van der Waals surface area contributed by atoms with Gasteiger partial charge in [-0.05, 0) is 43.7 Å². The summed E-state index contributed by atoms with van der Waals surface area (Å²) in [6.45, 7) is 2.37. The summed E-state index contributed by atoms with van der Waals surface area (Å²) in [5.74, 6) is -1.32. The van der Waals surface area contributed by atoms with Crippen molar-refractivity contribution < 1.29 is 23.8 Å². The van der Waals surface area contributed by atoms with E-state index in [1.807, 2.05) is 17.0 Å². The Balaban J connectivity index is 1.20. The molecule has 5 heterocycles. The first-order valence-electron chi connectivity index (χ1n) is 15.5.